The number of amides is 1. The van der Waals surface area contributed by atoms with Crippen molar-refractivity contribution in [1.29, 1.82) is 0 Å². The third kappa shape index (κ3) is 6.25. The molecule has 2 N–H and O–H groups in total. The van der Waals surface area contributed by atoms with Crippen LogP contribution >= 0.6 is 0 Å². The smallest absolute Gasteiger partial charge is 0.330 e. The normalized spacial score (nSPS) is 25.2. The second-order valence-electron chi connectivity index (χ2n) is 6.76. The van der Waals surface area contributed by atoms with Crippen LogP contribution in [0.4, 0.5) is 0 Å². The molecule has 0 radical (unpaired) electrons. The lowest BCUT2D eigenvalue weighted by molar-refractivity contribution is -0.238. The average Bonchev–Trinajstić information content (AvgIpc) is 2.63. The summed E-state index contributed by atoms with van der Waals surface area (Å²) in [4.78, 5) is 72.5. The molecule has 13 nitrogen and oxygen atoms in total. The van der Waals surface area contributed by atoms with Crippen LogP contribution in [0.5, 0.6) is 0 Å². The molecule has 0 aliphatic carbocycles. The van der Waals surface area contributed by atoms with E-state index < -0.39 is 72.3 Å². The molecule has 5 atom stereocenters. The molecule has 1 aromatic heterocycles. The van der Waals surface area contributed by atoms with Crippen LogP contribution in [0.15, 0.2) is 21.9 Å². The first-order chi connectivity index (χ1) is 14.5. The van der Waals surface area contributed by atoms with Gasteiger partial charge < -0.3 is 24.3 Å². The van der Waals surface area contributed by atoms with Gasteiger partial charge in [0.1, 0.15) is 18.8 Å². The van der Waals surface area contributed by atoms with Crippen LogP contribution in [0.3, 0.4) is 0 Å². The fourth-order valence-corrected chi connectivity index (χ4v) is 3.17. The third-order valence-electron chi connectivity index (χ3n) is 4.22. The first kappa shape index (κ1) is 23.8. The van der Waals surface area contributed by atoms with Crippen LogP contribution in [0.2, 0.25) is 0 Å². The highest BCUT2D eigenvalue weighted by Gasteiger charge is 2.51. The van der Waals surface area contributed by atoms with Crippen molar-refractivity contribution in [3.63, 3.8) is 0 Å². The molecule has 1 saturated heterocycles. The fourth-order valence-electron chi connectivity index (χ4n) is 3.17. The Morgan fingerprint density at radius 2 is 1.65 bits per heavy atom. The lowest BCUT2D eigenvalue weighted by atomic mass is 9.95. The van der Waals surface area contributed by atoms with Gasteiger partial charge in [-0.15, -0.1) is 0 Å². The Morgan fingerprint density at radius 1 is 1.03 bits per heavy atom. The summed E-state index contributed by atoms with van der Waals surface area (Å²) in [5, 5.41) is 2.52. The molecule has 0 aromatic carbocycles. The number of esters is 3. The number of aromatic amines is 1. The first-order valence-electron chi connectivity index (χ1n) is 9.21. The summed E-state index contributed by atoms with van der Waals surface area (Å²) in [7, 11) is 0. The largest absolute Gasteiger partial charge is 0.463 e. The van der Waals surface area contributed by atoms with Gasteiger partial charge in [0.05, 0.1) is 0 Å². The summed E-state index contributed by atoms with van der Waals surface area (Å²) in [5.74, 6) is -2.73. The molecule has 0 saturated carbocycles. The number of carbonyl (C=O) groups excluding carboxylic acids is 4. The second kappa shape index (κ2) is 10.0. The number of ether oxygens (including phenoxy) is 4. The number of nitrogens with one attached hydrogen (secondary N) is 2. The van der Waals surface area contributed by atoms with Crippen LogP contribution in [0, 0.1) is 0 Å². The Bertz CT molecular complexity index is 968. The summed E-state index contributed by atoms with van der Waals surface area (Å²) < 4.78 is 22.4. The van der Waals surface area contributed by atoms with Gasteiger partial charge in [-0.2, -0.15) is 0 Å². The molecule has 0 spiro atoms. The van der Waals surface area contributed by atoms with Crippen molar-refractivity contribution in [2.45, 2.75) is 58.3 Å². The minimum absolute atomic E-state index is 0.410. The number of hydrogen-bond donors (Lipinski definition) is 2. The van der Waals surface area contributed by atoms with Gasteiger partial charge >= 0.3 is 23.6 Å². The Kier molecular flexibility index (Phi) is 7.69. The third-order valence-corrected chi connectivity index (χ3v) is 4.22. The van der Waals surface area contributed by atoms with E-state index in [0.717, 1.165) is 37.6 Å². The predicted molar refractivity (Wildman–Crippen MR) is 101 cm³/mol. The van der Waals surface area contributed by atoms with Crippen molar-refractivity contribution in [2.75, 3.05) is 6.61 Å². The molecule has 31 heavy (non-hydrogen) atoms. The average molecular weight is 441 g/mol. The summed E-state index contributed by atoms with van der Waals surface area (Å²) in [5.41, 5.74) is -1.54. The minimum Gasteiger partial charge on any atom is -0.463 e. The molecule has 1 aliphatic heterocycles. The summed E-state index contributed by atoms with van der Waals surface area (Å²) in [6.45, 7) is 4.14. The number of H-pyrrole nitrogens is 1. The van der Waals surface area contributed by atoms with Crippen LogP contribution in [-0.2, 0) is 38.1 Å². The molecule has 1 aliphatic rings. The molecule has 1 fully saturated rings. The molecular formula is C18H23N3O10. The van der Waals surface area contributed by atoms with Gasteiger partial charge in [-0.3, -0.25) is 33.5 Å². The van der Waals surface area contributed by atoms with E-state index in [0.29, 0.717) is 0 Å². The van der Waals surface area contributed by atoms with E-state index in [-0.39, 0.29) is 0 Å². The monoisotopic (exact) mass is 441 g/mol. The van der Waals surface area contributed by atoms with Crippen molar-refractivity contribution >= 4 is 23.8 Å². The number of carbonyl (C=O) groups is 4. The molecule has 0 bridgehead atoms. The maximum absolute atomic E-state index is 12.4. The number of hydrogen-bond acceptors (Lipinski definition) is 10. The molecule has 170 valence electrons. The topological polar surface area (TPSA) is 172 Å². The van der Waals surface area contributed by atoms with E-state index in [9.17, 15) is 28.8 Å². The van der Waals surface area contributed by atoms with E-state index in [1.165, 1.54) is 6.92 Å². The lowest BCUT2D eigenvalue weighted by Gasteiger charge is -2.45. The van der Waals surface area contributed by atoms with Crippen LogP contribution in [-0.4, -0.2) is 64.3 Å². The van der Waals surface area contributed by atoms with Crippen LogP contribution in [0.25, 0.3) is 0 Å². The Labute approximate surface area is 175 Å². The number of rotatable bonds is 6. The van der Waals surface area contributed by atoms with Gasteiger partial charge in [-0.1, -0.05) is 0 Å². The Balaban J connectivity index is 2.60. The molecule has 1 amide bonds. The van der Waals surface area contributed by atoms with Gasteiger partial charge in [-0.25, -0.2) is 4.79 Å². The van der Waals surface area contributed by atoms with Gasteiger partial charge in [0, 0.05) is 40.0 Å². The summed E-state index contributed by atoms with van der Waals surface area (Å²) in [6, 6.07) is -0.154. The highest BCUT2D eigenvalue weighted by Crippen LogP contribution is 2.32. The second-order valence-corrected chi connectivity index (χ2v) is 6.76. The molecule has 1 aromatic rings. The standard InChI is InChI=1S/C18H23N3O10/c1-8(22)19-14-16(30-11(4)25)15(29-10(3)24)12(7-28-9(2)23)31-17(14)21-6-5-13(26)20-18(21)27/h5-6,12,14-17H,7H2,1-4H3,(H,19,22)(H,20,26,27)/t12-,14-,15-,16-,17-/m1/s1. The summed E-state index contributed by atoms with van der Waals surface area (Å²) in [6.07, 6.45) is -3.97. The quantitative estimate of drug-likeness (QED) is 0.385. The van der Waals surface area contributed by atoms with Crippen molar-refractivity contribution in [3.8, 4) is 0 Å². The molecule has 13 heteroatoms. The fraction of sp³-hybridized carbons (Fsp3) is 0.556. The van der Waals surface area contributed by atoms with Crippen molar-refractivity contribution in [3.05, 3.63) is 33.1 Å². The summed E-state index contributed by atoms with van der Waals surface area (Å²) >= 11 is 0. The van der Waals surface area contributed by atoms with Gasteiger partial charge in [0.15, 0.2) is 18.4 Å². The first-order valence-corrected chi connectivity index (χ1v) is 9.21. The molecule has 0 unspecified atom stereocenters. The van der Waals surface area contributed by atoms with Crippen molar-refractivity contribution < 1.29 is 38.1 Å². The van der Waals surface area contributed by atoms with E-state index >= 15 is 0 Å². The Hall–Kier alpha value is -3.48. The maximum atomic E-state index is 12.4. The number of nitrogens with zero attached hydrogens (tertiary/aromatic N) is 1. The lowest BCUT2D eigenvalue weighted by Crippen LogP contribution is -2.65. The number of aromatic nitrogens is 2. The van der Waals surface area contributed by atoms with Gasteiger partial charge in [0.25, 0.3) is 5.56 Å². The van der Waals surface area contributed by atoms with E-state index in [1.807, 2.05) is 0 Å². The van der Waals surface area contributed by atoms with Gasteiger partial charge in [-0.05, 0) is 0 Å². The maximum Gasteiger partial charge on any atom is 0.330 e. The Morgan fingerprint density at radius 3 is 2.16 bits per heavy atom. The minimum atomic E-state index is -1.32. The molecule has 2 heterocycles. The van der Waals surface area contributed by atoms with Gasteiger partial charge in [0.2, 0.25) is 5.91 Å². The zero-order valence-corrected chi connectivity index (χ0v) is 17.3. The SMILES string of the molecule is CC(=O)N[C@@H]1[C@@H](OC(C)=O)[C@H](OC(C)=O)[C@@H](COC(C)=O)O[C@H]1n1ccc(=O)[nH]c1=O. The van der Waals surface area contributed by atoms with Crippen molar-refractivity contribution in [2.24, 2.45) is 0 Å². The molecular weight excluding hydrogens is 418 g/mol. The highest BCUT2D eigenvalue weighted by atomic mass is 16.6. The van der Waals surface area contributed by atoms with E-state index in [4.69, 9.17) is 18.9 Å². The zero-order chi connectivity index (χ0) is 23.3. The van der Waals surface area contributed by atoms with E-state index in [2.05, 4.69) is 10.3 Å². The molecule has 2 rings (SSSR count). The van der Waals surface area contributed by atoms with Crippen LogP contribution in [0.1, 0.15) is 33.9 Å². The van der Waals surface area contributed by atoms with Crippen LogP contribution < -0.4 is 16.6 Å². The van der Waals surface area contributed by atoms with Crippen molar-refractivity contribution in [1.82, 2.24) is 14.9 Å². The highest BCUT2D eigenvalue weighted by molar-refractivity contribution is 5.73. The van der Waals surface area contributed by atoms with E-state index in [1.54, 1.807) is 0 Å². The zero-order valence-electron chi connectivity index (χ0n) is 17.3. The predicted octanol–water partition coefficient (Wildman–Crippen LogP) is -1.63.